The van der Waals surface area contributed by atoms with Crippen molar-refractivity contribution in [1.82, 2.24) is 19.7 Å². The third kappa shape index (κ3) is 3.43. The van der Waals surface area contributed by atoms with E-state index in [1.807, 2.05) is 23.6 Å². The molecule has 0 saturated heterocycles. The van der Waals surface area contributed by atoms with Crippen LogP contribution in [0, 0.1) is 0 Å². The SMILES string of the molecule is CS(=O)c1nncn1Cc1csc(Cc2ccccc2)n1. The summed E-state index contributed by atoms with van der Waals surface area (Å²) in [6.45, 7) is 0.549. The van der Waals surface area contributed by atoms with Crippen LogP contribution in [0.15, 0.2) is 47.2 Å². The molecule has 0 aliphatic heterocycles. The zero-order valence-corrected chi connectivity index (χ0v) is 13.1. The molecule has 0 aliphatic rings. The molecule has 0 radical (unpaired) electrons. The number of hydrogen-bond acceptors (Lipinski definition) is 5. The van der Waals surface area contributed by atoms with Gasteiger partial charge in [-0.05, 0) is 5.56 Å². The summed E-state index contributed by atoms with van der Waals surface area (Å²) < 4.78 is 13.3. The van der Waals surface area contributed by atoms with E-state index in [9.17, 15) is 4.21 Å². The lowest BCUT2D eigenvalue weighted by Gasteiger charge is -2.01. The molecule has 3 rings (SSSR count). The molecule has 2 aromatic heterocycles. The molecule has 0 fully saturated rings. The maximum absolute atomic E-state index is 11.5. The van der Waals surface area contributed by atoms with Gasteiger partial charge in [0.15, 0.2) is 0 Å². The molecule has 0 saturated carbocycles. The smallest absolute Gasteiger partial charge is 0.221 e. The molecule has 0 spiro atoms. The molecule has 0 aliphatic carbocycles. The summed E-state index contributed by atoms with van der Waals surface area (Å²) in [5, 5.41) is 11.3. The van der Waals surface area contributed by atoms with E-state index in [1.165, 1.54) is 5.56 Å². The summed E-state index contributed by atoms with van der Waals surface area (Å²) in [5.74, 6) is 0. The second kappa shape index (κ2) is 6.28. The molecule has 7 heteroatoms. The van der Waals surface area contributed by atoms with Crippen molar-refractivity contribution in [2.75, 3.05) is 6.26 Å². The van der Waals surface area contributed by atoms with Gasteiger partial charge in [0.25, 0.3) is 0 Å². The minimum absolute atomic E-state index is 0.479. The van der Waals surface area contributed by atoms with Crippen molar-refractivity contribution in [1.29, 1.82) is 0 Å². The van der Waals surface area contributed by atoms with Gasteiger partial charge in [-0.3, -0.25) is 4.21 Å². The molecule has 5 nitrogen and oxygen atoms in total. The molecule has 1 unspecified atom stereocenters. The van der Waals surface area contributed by atoms with Crippen LogP contribution in [0.3, 0.4) is 0 Å². The van der Waals surface area contributed by atoms with Crippen LogP contribution in [0.5, 0.6) is 0 Å². The highest BCUT2D eigenvalue weighted by atomic mass is 32.2. The maximum atomic E-state index is 11.5. The van der Waals surface area contributed by atoms with Crippen molar-refractivity contribution < 1.29 is 4.21 Å². The van der Waals surface area contributed by atoms with Crippen molar-refractivity contribution >= 4 is 22.1 Å². The van der Waals surface area contributed by atoms with Gasteiger partial charge >= 0.3 is 0 Å². The van der Waals surface area contributed by atoms with Gasteiger partial charge in [0.1, 0.15) is 6.33 Å². The minimum Gasteiger partial charge on any atom is -0.300 e. The van der Waals surface area contributed by atoms with Gasteiger partial charge in [0.05, 0.1) is 28.0 Å². The highest BCUT2D eigenvalue weighted by Gasteiger charge is 2.10. The van der Waals surface area contributed by atoms with Crippen molar-refractivity contribution in [3.63, 3.8) is 0 Å². The average Bonchev–Trinajstić information content (AvgIpc) is 3.10. The van der Waals surface area contributed by atoms with Crippen LogP contribution in [-0.4, -0.2) is 30.2 Å². The molecular formula is C14H14N4OS2. The van der Waals surface area contributed by atoms with Crippen LogP contribution < -0.4 is 0 Å². The van der Waals surface area contributed by atoms with E-state index in [0.717, 1.165) is 17.1 Å². The second-order valence-electron chi connectivity index (χ2n) is 4.59. The lowest BCUT2D eigenvalue weighted by molar-refractivity contribution is 0.649. The van der Waals surface area contributed by atoms with Crippen LogP contribution in [-0.2, 0) is 23.8 Å². The van der Waals surface area contributed by atoms with Crippen molar-refractivity contribution in [2.24, 2.45) is 0 Å². The summed E-state index contributed by atoms with van der Waals surface area (Å²) in [6, 6.07) is 10.3. The maximum Gasteiger partial charge on any atom is 0.221 e. The highest BCUT2D eigenvalue weighted by molar-refractivity contribution is 7.84. The largest absolute Gasteiger partial charge is 0.300 e. The van der Waals surface area contributed by atoms with E-state index in [2.05, 4.69) is 27.3 Å². The van der Waals surface area contributed by atoms with Crippen LogP contribution in [0.4, 0.5) is 0 Å². The van der Waals surface area contributed by atoms with E-state index >= 15 is 0 Å². The van der Waals surface area contributed by atoms with Gasteiger partial charge in [-0.1, -0.05) is 30.3 Å². The van der Waals surface area contributed by atoms with Crippen molar-refractivity contribution in [3.8, 4) is 0 Å². The summed E-state index contributed by atoms with van der Waals surface area (Å²) in [7, 11) is -1.14. The quantitative estimate of drug-likeness (QED) is 0.723. The Bertz CT molecular complexity index is 751. The van der Waals surface area contributed by atoms with E-state index in [4.69, 9.17) is 0 Å². The summed E-state index contributed by atoms with van der Waals surface area (Å²) in [4.78, 5) is 4.62. The Labute approximate surface area is 129 Å². The second-order valence-corrected chi connectivity index (χ2v) is 6.81. The number of benzene rings is 1. The zero-order chi connectivity index (χ0) is 14.7. The number of nitrogens with zero attached hydrogens (tertiary/aromatic N) is 4. The Morgan fingerprint density at radius 1 is 1.29 bits per heavy atom. The molecule has 108 valence electrons. The van der Waals surface area contributed by atoms with Gasteiger partial charge in [0, 0.05) is 18.1 Å². The fourth-order valence-electron chi connectivity index (χ4n) is 2.02. The average molecular weight is 318 g/mol. The minimum atomic E-state index is -1.14. The normalized spacial score (nSPS) is 12.4. The van der Waals surface area contributed by atoms with E-state index in [-0.39, 0.29) is 0 Å². The van der Waals surface area contributed by atoms with Crippen molar-refractivity contribution in [2.45, 2.75) is 18.1 Å². The van der Waals surface area contributed by atoms with E-state index in [0.29, 0.717) is 11.7 Å². The Morgan fingerprint density at radius 2 is 2.10 bits per heavy atom. The predicted molar refractivity (Wildman–Crippen MR) is 82.8 cm³/mol. The summed E-state index contributed by atoms with van der Waals surface area (Å²) in [5.41, 5.74) is 2.19. The van der Waals surface area contributed by atoms with Gasteiger partial charge < -0.3 is 4.57 Å². The van der Waals surface area contributed by atoms with Crippen LogP contribution in [0.1, 0.15) is 16.3 Å². The first kappa shape index (κ1) is 14.1. The van der Waals surface area contributed by atoms with Crippen LogP contribution in [0.25, 0.3) is 0 Å². The standard InChI is InChI=1S/C14H14N4OS2/c1-21(19)14-17-15-10-18(14)8-12-9-20-13(16-12)7-11-5-3-2-4-6-11/h2-6,9-10H,7-8H2,1H3. The van der Waals surface area contributed by atoms with Crippen molar-refractivity contribution in [3.05, 3.63) is 58.3 Å². The van der Waals surface area contributed by atoms with Crippen LogP contribution >= 0.6 is 11.3 Å². The monoisotopic (exact) mass is 318 g/mol. The molecule has 3 aromatic rings. The van der Waals surface area contributed by atoms with Crippen LogP contribution in [0.2, 0.25) is 0 Å². The number of rotatable bonds is 5. The van der Waals surface area contributed by atoms with Gasteiger partial charge in [-0.2, -0.15) is 0 Å². The molecule has 2 heterocycles. The topological polar surface area (TPSA) is 60.7 Å². The summed E-state index contributed by atoms with van der Waals surface area (Å²) >= 11 is 1.64. The third-order valence-electron chi connectivity index (χ3n) is 2.97. The first-order valence-electron chi connectivity index (χ1n) is 6.41. The van der Waals surface area contributed by atoms with E-state index < -0.39 is 10.8 Å². The Kier molecular flexibility index (Phi) is 4.21. The Hall–Kier alpha value is -1.86. The van der Waals surface area contributed by atoms with Gasteiger partial charge in [0.2, 0.25) is 5.16 Å². The molecule has 1 atom stereocenters. The highest BCUT2D eigenvalue weighted by Crippen LogP contribution is 2.16. The molecule has 0 bridgehead atoms. The molecular weight excluding hydrogens is 304 g/mol. The first-order valence-corrected chi connectivity index (χ1v) is 8.84. The zero-order valence-electron chi connectivity index (χ0n) is 11.5. The molecule has 0 N–H and O–H groups in total. The lowest BCUT2D eigenvalue weighted by atomic mass is 10.2. The fraction of sp³-hybridized carbons (Fsp3) is 0.214. The van der Waals surface area contributed by atoms with E-state index in [1.54, 1.807) is 28.5 Å². The van der Waals surface area contributed by atoms with Gasteiger partial charge in [-0.15, -0.1) is 21.5 Å². The Morgan fingerprint density at radius 3 is 2.86 bits per heavy atom. The molecule has 0 amide bonds. The Balaban J connectivity index is 1.73. The number of aromatic nitrogens is 4. The fourth-order valence-corrected chi connectivity index (χ4v) is 3.45. The number of thiazole rings is 1. The van der Waals surface area contributed by atoms with Gasteiger partial charge in [-0.25, -0.2) is 4.98 Å². The molecule has 1 aromatic carbocycles. The predicted octanol–water partition coefficient (Wildman–Crippen LogP) is 2.11. The lowest BCUT2D eigenvalue weighted by Crippen LogP contribution is -2.05. The number of hydrogen-bond donors (Lipinski definition) is 0. The third-order valence-corrected chi connectivity index (χ3v) is 4.69. The summed E-state index contributed by atoms with van der Waals surface area (Å²) in [6.07, 6.45) is 4.02. The molecule has 21 heavy (non-hydrogen) atoms. The first-order chi connectivity index (χ1) is 10.2.